The quantitative estimate of drug-likeness (QED) is 0.707. The lowest BCUT2D eigenvalue weighted by Crippen LogP contribution is -2.28. The fourth-order valence-corrected chi connectivity index (χ4v) is 2.25. The van der Waals surface area contributed by atoms with Crippen LogP contribution in [-0.2, 0) is 16.9 Å². The number of aliphatic hydroxyl groups excluding tert-OH is 1. The van der Waals surface area contributed by atoms with Gasteiger partial charge in [-0.05, 0) is 6.07 Å². The fraction of sp³-hybridized carbons (Fsp3) is 0.364. The maximum Gasteiger partial charge on any atom is 0.268 e. The molecule has 0 aliphatic heterocycles. The minimum atomic E-state index is -3.51. The molecule has 0 saturated carbocycles. The van der Waals surface area contributed by atoms with Gasteiger partial charge in [0.25, 0.3) is 5.91 Å². The van der Waals surface area contributed by atoms with E-state index in [1.807, 2.05) is 0 Å². The first kappa shape index (κ1) is 14.4. The number of aryl methyl sites for hydroxylation is 1. The Morgan fingerprint density at radius 1 is 1.50 bits per heavy atom. The molecule has 0 unspecified atom stereocenters. The van der Waals surface area contributed by atoms with Crippen LogP contribution in [0.15, 0.2) is 17.4 Å². The third-order valence-electron chi connectivity index (χ3n) is 2.71. The monoisotopic (exact) mass is 298 g/mol. The molecule has 0 aliphatic carbocycles. The van der Waals surface area contributed by atoms with Crippen molar-refractivity contribution in [2.45, 2.75) is 5.16 Å². The lowest BCUT2D eigenvalue weighted by atomic mass is 10.3. The van der Waals surface area contributed by atoms with Crippen molar-refractivity contribution in [2.24, 2.45) is 7.05 Å². The summed E-state index contributed by atoms with van der Waals surface area (Å²) in [7, 11) is -1.90. The Kier molecular flexibility index (Phi) is 3.73. The Bertz CT molecular complexity index is 766. The molecule has 20 heavy (non-hydrogen) atoms. The number of nitrogens with one attached hydrogen (secondary N) is 1. The highest BCUT2D eigenvalue weighted by Gasteiger charge is 2.17. The number of hydrogen-bond donors (Lipinski definition) is 2. The third kappa shape index (κ3) is 2.63. The smallest absolute Gasteiger partial charge is 0.268 e. The van der Waals surface area contributed by atoms with Crippen LogP contribution in [0.25, 0.3) is 11.0 Å². The van der Waals surface area contributed by atoms with E-state index in [4.69, 9.17) is 5.11 Å². The van der Waals surface area contributed by atoms with Crippen LogP contribution in [0.1, 0.15) is 10.5 Å². The molecule has 0 aliphatic rings. The summed E-state index contributed by atoms with van der Waals surface area (Å²) in [6.07, 6.45) is 2.38. The summed E-state index contributed by atoms with van der Waals surface area (Å²) in [5.74, 6) is -0.375. The second-order valence-corrected chi connectivity index (χ2v) is 6.18. The SMILES string of the molecule is Cn1c(C(=O)NCCO)cc2cnc(S(C)(=O)=O)nc21. The van der Waals surface area contributed by atoms with Crippen molar-refractivity contribution < 1.29 is 18.3 Å². The van der Waals surface area contributed by atoms with Gasteiger partial charge in [-0.1, -0.05) is 0 Å². The number of nitrogens with zero attached hydrogens (tertiary/aromatic N) is 3. The predicted octanol–water partition coefficient (Wildman–Crippen LogP) is -0.906. The second kappa shape index (κ2) is 5.17. The van der Waals surface area contributed by atoms with Crippen LogP contribution in [0.5, 0.6) is 0 Å². The van der Waals surface area contributed by atoms with E-state index in [1.165, 1.54) is 10.8 Å². The highest BCUT2D eigenvalue weighted by atomic mass is 32.2. The molecule has 0 atom stereocenters. The highest BCUT2D eigenvalue weighted by Crippen LogP contribution is 2.17. The van der Waals surface area contributed by atoms with E-state index in [9.17, 15) is 13.2 Å². The van der Waals surface area contributed by atoms with Crippen molar-refractivity contribution in [3.8, 4) is 0 Å². The average molecular weight is 298 g/mol. The summed E-state index contributed by atoms with van der Waals surface area (Å²) in [5, 5.41) is 11.5. The fourth-order valence-electron chi connectivity index (χ4n) is 1.75. The van der Waals surface area contributed by atoms with Gasteiger partial charge in [0.05, 0.1) is 6.61 Å². The van der Waals surface area contributed by atoms with Crippen molar-refractivity contribution in [1.29, 1.82) is 0 Å². The molecule has 2 aromatic heterocycles. The van der Waals surface area contributed by atoms with Crippen LogP contribution in [0.4, 0.5) is 0 Å². The molecule has 108 valence electrons. The van der Waals surface area contributed by atoms with Crippen LogP contribution in [0, 0.1) is 0 Å². The van der Waals surface area contributed by atoms with E-state index >= 15 is 0 Å². The Morgan fingerprint density at radius 2 is 2.20 bits per heavy atom. The number of amides is 1. The molecule has 0 bridgehead atoms. The minimum Gasteiger partial charge on any atom is -0.395 e. The van der Waals surface area contributed by atoms with Gasteiger partial charge in [0.15, 0.2) is 0 Å². The van der Waals surface area contributed by atoms with Gasteiger partial charge < -0.3 is 15.0 Å². The molecule has 9 heteroatoms. The van der Waals surface area contributed by atoms with E-state index in [-0.39, 0.29) is 24.2 Å². The number of hydrogen-bond acceptors (Lipinski definition) is 6. The van der Waals surface area contributed by atoms with E-state index in [1.54, 1.807) is 13.1 Å². The average Bonchev–Trinajstić information content (AvgIpc) is 2.72. The molecule has 2 rings (SSSR count). The molecule has 0 radical (unpaired) electrons. The Labute approximate surface area is 115 Å². The summed E-state index contributed by atoms with van der Waals surface area (Å²) in [6, 6.07) is 1.56. The first-order valence-electron chi connectivity index (χ1n) is 5.76. The van der Waals surface area contributed by atoms with Gasteiger partial charge in [-0.3, -0.25) is 4.79 Å². The number of aliphatic hydroxyl groups is 1. The zero-order chi connectivity index (χ0) is 14.9. The Balaban J connectivity index is 2.51. The van der Waals surface area contributed by atoms with Crippen molar-refractivity contribution in [1.82, 2.24) is 19.9 Å². The predicted molar refractivity (Wildman–Crippen MR) is 71.0 cm³/mol. The van der Waals surface area contributed by atoms with Crippen molar-refractivity contribution >= 4 is 26.8 Å². The van der Waals surface area contributed by atoms with E-state index in [0.29, 0.717) is 16.7 Å². The Hall–Kier alpha value is -2.00. The summed E-state index contributed by atoms with van der Waals surface area (Å²) < 4.78 is 24.3. The largest absolute Gasteiger partial charge is 0.395 e. The minimum absolute atomic E-state index is 0.140. The summed E-state index contributed by atoms with van der Waals surface area (Å²) in [6.45, 7) is -0.0195. The first-order valence-corrected chi connectivity index (χ1v) is 7.65. The van der Waals surface area contributed by atoms with Gasteiger partial charge in [-0.25, -0.2) is 13.4 Å². The lowest BCUT2D eigenvalue weighted by molar-refractivity contribution is 0.0937. The maximum absolute atomic E-state index is 11.9. The summed E-state index contributed by atoms with van der Waals surface area (Å²) in [4.78, 5) is 19.6. The number of rotatable bonds is 4. The topological polar surface area (TPSA) is 114 Å². The Morgan fingerprint density at radius 3 is 2.80 bits per heavy atom. The normalized spacial score (nSPS) is 11.8. The number of fused-ring (bicyclic) bond motifs is 1. The van der Waals surface area contributed by atoms with Crippen LogP contribution in [-0.4, -0.2) is 53.4 Å². The summed E-state index contributed by atoms with van der Waals surface area (Å²) >= 11 is 0. The van der Waals surface area contributed by atoms with Crippen molar-refractivity contribution in [3.63, 3.8) is 0 Å². The number of aromatic nitrogens is 3. The molecular formula is C11H14N4O4S. The van der Waals surface area contributed by atoms with Gasteiger partial charge in [-0.15, -0.1) is 0 Å². The van der Waals surface area contributed by atoms with E-state index in [0.717, 1.165) is 6.26 Å². The number of carbonyl (C=O) groups is 1. The third-order valence-corrected chi connectivity index (χ3v) is 3.57. The van der Waals surface area contributed by atoms with E-state index < -0.39 is 9.84 Å². The van der Waals surface area contributed by atoms with Crippen LogP contribution >= 0.6 is 0 Å². The summed E-state index contributed by atoms with van der Waals surface area (Å²) in [5.41, 5.74) is 0.669. The van der Waals surface area contributed by atoms with Crippen LogP contribution < -0.4 is 5.32 Å². The van der Waals surface area contributed by atoms with Gasteiger partial charge in [0.1, 0.15) is 11.3 Å². The molecular weight excluding hydrogens is 284 g/mol. The zero-order valence-corrected chi connectivity index (χ0v) is 11.8. The van der Waals surface area contributed by atoms with Crippen LogP contribution in [0.2, 0.25) is 0 Å². The molecule has 2 heterocycles. The van der Waals surface area contributed by atoms with E-state index in [2.05, 4.69) is 15.3 Å². The molecule has 0 saturated heterocycles. The molecule has 2 N–H and O–H groups in total. The molecule has 0 aromatic carbocycles. The van der Waals surface area contributed by atoms with Gasteiger partial charge in [0.2, 0.25) is 15.0 Å². The first-order chi connectivity index (χ1) is 9.34. The van der Waals surface area contributed by atoms with Gasteiger partial charge in [0, 0.05) is 31.4 Å². The maximum atomic E-state index is 11.9. The second-order valence-electron chi connectivity index (χ2n) is 4.27. The molecule has 8 nitrogen and oxygen atoms in total. The van der Waals surface area contributed by atoms with Gasteiger partial charge >= 0.3 is 0 Å². The van der Waals surface area contributed by atoms with Gasteiger partial charge in [-0.2, -0.15) is 4.98 Å². The zero-order valence-electron chi connectivity index (χ0n) is 11.0. The standard InChI is InChI=1S/C11H14N4O4S/c1-15-8(10(17)12-3-4-16)5-7-6-13-11(14-9(7)15)20(2,18)19/h5-6,16H,3-4H2,1-2H3,(H,12,17). The molecule has 2 aromatic rings. The van der Waals surface area contributed by atoms with Crippen LogP contribution in [0.3, 0.4) is 0 Å². The lowest BCUT2D eigenvalue weighted by Gasteiger charge is -2.04. The highest BCUT2D eigenvalue weighted by molar-refractivity contribution is 7.90. The van der Waals surface area contributed by atoms with Crippen molar-refractivity contribution in [2.75, 3.05) is 19.4 Å². The number of sulfone groups is 1. The number of carbonyl (C=O) groups excluding carboxylic acids is 1. The molecule has 0 fully saturated rings. The van der Waals surface area contributed by atoms with Crippen molar-refractivity contribution in [3.05, 3.63) is 18.0 Å². The molecule has 1 amide bonds. The molecule has 0 spiro atoms.